The van der Waals surface area contributed by atoms with Crippen molar-refractivity contribution in [2.45, 2.75) is 26.3 Å². The Morgan fingerprint density at radius 1 is 1.26 bits per heavy atom. The summed E-state index contributed by atoms with van der Waals surface area (Å²) in [6.45, 7) is 4.52. The van der Waals surface area contributed by atoms with Crippen molar-refractivity contribution in [3.63, 3.8) is 0 Å². The predicted molar refractivity (Wildman–Crippen MR) is 107 cm³/mol. The number of hydrogen-bond donors (Lipinski definition) is 2. The molecule has 144 valence electrons. The number of anilines is 3. The van der Waals surface area contributed by atoms with Gasteiger partial charge in [-0.1, -0.05) is 0 Å². The molecular formula is C19H27N7O. The summed E-state index contributed by atoms with van der Waals surface area (Å²) in [5.74, 6) is 1.63. The van der Waals surface area contributed by atoms with Crippen LogP contribution in [0.4, 0.5) is 17.5 Å². The number of amides is 1. The lowest BCUT2D eigenvalue weighted by Gasteiger charge is -2.29. The van der Waals surface area contributed by atoms with E-state index in [0.29, 0.717) is 19.0 Å². The van der Waals surface area contributed by atoms with Crippen LogP contribution in [-0.2, 0) is 17.8 Å². The van der Waals surface area contributed by atoms with Gasteiger partial charge in [0.05, 0.1) is 17.9 Å². The Labute approximate surface area is 160 Å². The molecule has 0 aliphatic carbocycles. The summed E-state index contributed by atoms with van der Waals surface area (Å²) in [4.78, 5) is 28.9. The average molecular weight is 369 g/mol. The van der Waals surface area contributed by atoms with E-state index >= 15 is 0 Å². The highest BCUT2D eigenvalue weighted by Gasteiger charge is 2.24. The van der Waals surface area contributed by atoms with Crippen molar-refractivity contribution >= 4 is 23.4 Å². The van der Waals surface area contributed by atoms with Gasteiger partial charge in [0.1, 0.15) is 5.82 Å². The van der Waals surface area contributed by atoms with Gasteiger partial charge in [0, 0.05) is 58.6 Å². The smallest absolute Gasteiger partial charge is 0.227 e. The topological polar surface area (TPSA) is 86.3 Å². The Balaban J connectivity index is 1.63. The van der Waals surface area contributed by atoms with E-state index in [1.807, 2.05) is 42.2 Å². The fraction of sp³-hybridized carbons (Fsp3) is 0.474. The largest absolute Gasteiger partial charge is 0.384 e. The van der Waals surface area contributed by atoms with Crippen LogP contribution in [0.3, 0.4) is 0 Å². The van der Waals surface area contributed by atoms with E-state index in [-0.39, 0.29) is 5.91 Å². The van der Waals surface area contributed by atoms with Crippen LogP contribution >= 0.6 is 0 Å². The fourth-order valence-corrected chi connectivity index (χ4v) is 3.03. The summed E-state index contributed by atoms with van der Waals surface area (Å²) >= 11 is 0. The van der Waals surface area contributed by atoms with Crippen LogP contribution in [0.1, 0.15) is 24.6 Å². The summed E-state index contributed by atoms with van der Waals surface area (Å²) < 4.78 is 0. The molecule has 0 saturated heterocycles. The van der Waals surface area contributed by atoms with Crippen molar-refractivity contribution in [1.82, 2.24) is 19.9 Å². The number of hydrogen-bond acceptors (Lipinski definition) is 7. The zero-order valence-corrected chi connectivity index (χ0v) is 16.2. The number of rotatable bonds is 7. The molecule has 1 aliphatic rings. The highest BCUT2D eigenvalue weighted by molar-refractivity contribution is 5.73. The quantitative estimate of drug-likeness (QED) is 0.719. The number of nitrogens with one attached hydrogen (secondary N) is 2. The normalized spacial score (nSPS) is 13.1. The van der Waals surface area contributed by atoms with Gasteiger partial charge in [0.25, 0.3) is 0 Å². The summed E-state index contributed by atoms with van der Waals surface area (Å²) in [6.07, 6.45) is 5.31. The van der Waals surface area contributed by atoms with Gasteiger partial charge in [-0.15, -0.1) is 0 Å². The van der Waals surface area contributed by atoms with E-state index in [1.54, 1.807) is 13.1 Å². The van der Waals surface area contributed by atoms with Gasteiger partial charge < -0.3 is 20.4 Å². The lowest BCUT2D eigenvalue weighted by molar-refractivity contribution is -0.129. The number of fused-ring (bicyclic) bond motifs is 1. The average Bonchev–Trinajstić information content (AvgIpc) is 2.67. The van der Waals surface area contributed by atoms with E-state index in [4.69, 9.17) is 0 Å². The first-order chi connectivity index (χ1) is 13.0. The summed E-state index contributed by atoms with van der Waals surface area (Å²) in [6, 6.07) is 3.92. The number of pyridine rings is 1. The van der Waals surface area contributed by atoms with Crippen LogP contribution in [0.5, 0.6) is 0 Å². The summed E-state index contributed by atoms with van der Waals surface area (Å²) in [5.41, 5.74) is 3.08. The zero-order valence-electron chi connectivity index (χ0n) is 16.2. The second-order valence-corrected chi connectivity index (χ2v) is 6.83. The number of aromatic nitrogens is 3. The Morgan fingerprint density at radius 3 is 2.78 bits per heavy atom. The maximum Gasteiger partial charge on any atom is 0.227 e. The van der Waals surface area contributed by atoms with Gasteiger partial charge in [-0.3, -0.25) is 9.78 Å². The van der Waals surface area contributed by atoms with Crippen molar-refractivity contribution in [3.05, 3.63) is 35.8 Å². The molecule has 2 N–H and O–H groups in total. The minimum atomic E-state index is 0.0849. The van der Waals surface area contributed by atoms with E-state index in [2.05, 4.69) is 25.6 Å². The molecule has 0 radical (unpaired) electrons. The summed E-state index contributed by atoms with van der Waals surface area (Å²) in [5, 5.41) is 6.82. The second-order valence-electron chi connectivity index (χ2n) is 6.83. The molecule has 1 aliphatic heterocycles. The molecule has 1 amide bonds. The third-order valence-electron chi connectivity index (χ3n) is 4.54. The molecule has 0 aromatic carbocycles. The Morgan fingerprint density at radius 2 is 2.07 bits per heavy atom. The third-order valence-corrected chi connectivity index (χ3v) is 4.54. The maximum atomic E-state index is 11.7. The molecular weight excluding hydrogens is 342 g/mol. The Kier molecular flexibility index (Phi) is 6.05. The van der Waals surface area contributed by atoms with Crippen LogP contribution < -0.4 is 15.5 Å². The molecule has 2 aromatic heterocycles. The number of carbonyl (C=O) groups excluding carboxylic acids is 1. The lowest BCUT2D eigenvalue weighted by atomic mass is 10.1. The monoisotopic (exact) mass is 369 g/mol. The SMILES string of the molecule is CC(=O)N1CCc2c(nc(N(C)C)nc2NCCCNc2cccnc2)C1. The highest BCUT2D eigenvalue weighted by Crippen LogP contribution is 2.25. The maximum absolute atomic E-state index is 11.7. The molecule has 0 saturated carbocycles. The first kappa shape index (κ1) is 18.9. The lowest BCUT2D eigenvalue weighted by Crippen LogP contribution is -2.36. The van der Waals surface area contributed by atoms with Gasteiger partial charge in [-0.2, -0.15) is 4.98 Å². The third kappa shape index (κ3) is 4.84. The molecule has 0 fully saturated rings. The van der Waals surface area contributed by atoms with Gasteiger partial charge >= 0.3 is 0 Å². The van der Waals surface area contributed by atoms with E-state index in [1.165, 1.54) is 0 Å². The van der Waals surface area contributed by atoms with Crippen molar-refractivity contribution in [1.29, 1.82) is 0 Å². The molecule has 3 rings (SSSR count). The van der Waals surface area contributed by atoms with Crippen molar-refractivity contribution in [2.75, 3.05) is 49.3 Å². The molecule has 3 heterocycles. The van der Waals surface area contributed by atoms with Gasteiger partial charge in [0.2, 0.25) is 11.9 Å². The molecule has 0 bridgehead atoms. The van der Waals surface area contributed by atoms with Gasteiger partial charge in [-0.05, 0) is 25.0 Å². The van der Waals surface area contributed by atoms with Gasteiger partial charge in [0.15, 0.2) is 0 Å². The Hall–Kier alpha value is -2.90. The van der Waals surface area contributed by atoms with Crippen molar-refractivity contribution in [2.24, 2.45) is 0 Å². The van der Waals surface area contributed by atoms with E-state index < -0.39 is 0 Å². The second kappa shape index (κ2) is 8.66. The standard InChI is InChI=1S/C19H27N7O/c1-14(27)26-11-7-16-17(13-26)23-19(25(2)3)24-18(16)22-10-5-9-21-15-6-4-8-20-12-15/h4,6,8,12,21H,5,7,9-11,13H2,1-3H3,(H,22,23,24). The first-order valence-electron chi connectivity index (χ1n) is 9.25. The van der Waals surface area contributed by atoms with Crippen LogP contribution in [0.25, 0.3) is 0 Å². The van der Waals surface area contributed by atoms with E-state index in [9.17, 15) is 4.79 Å². The summed E-state index contributed by atoms with van der Waals surface area (Å²) in [7, 11) is 3.85. The molecule has 0 unspecified atom stereocenters. The predicted octanol–water partition coefficient (Wildman–Crippen LogP) is 1.76. The van der Waals surface area contributed by atoms with Crippen LogP contribution in [0.2, 0.25) is 0 Å². The van der Waals surface area contributed by atoms with Crippen LogP contribution in [0.15, 0.2) is 24.5 Å². The van der Waals surface area contributed by atoms with Crippen molar-refractivity contribution in [3.8, 4) is 0 Å². The molecule has 0 atom stereocenters. The zero-order chi connectivity index (χ0) is 19.2. The minimum Gasteiger partial charge on any atom is -0.384 e. The molecule has 0 spiro atoms. The van der Waals surface area contributed by atoms with Crippen LogP contribution in [-0.4, -0.2) is 59.5 Å². The number of nitrogens with zero attached hydrogens (tertiary/aromatic N) is 5. The first-order valence-corrected chi connectivity index (χ1v) is 9.25. The van der Waals surface area contributed by atoms with Gasteiger partial charge in [-0.25, -0.2) is 4.98 Å². The molecule has 2 aromatic rings. The van der Waals surface area contributed by atoms with Crippen LogP contribution in [0, 0.1) is 0 Å². The molecule has 8 nitrogen and oxygen atoms in total. The van der Waals surface area contributed by atoms with Crippen molar-refractivity contribution < 1.29 is 4.79 Å². The molecule has 8 heteroatoms. The van der Waals surface area contributed by atoms with E-state index in [0.717, 1.165) is 48.7 Å². The number of carbonyl (C=O) groups is 1. The minimum absolute atomic E-state index is 0.0849. The highest BCUT2D eigenvalue weighted by atomic mass is 16.2. The Bertz CT molecular complexity index is 779. The molecule has 27 heavy (non-hydrogen) atoms. The fourth-order valence-electron chi connectivity index (χ4n) is 3.03.